The Morgan fingerprint density at radius 1 is 0.190 bits per heavy atom. The summed E-state index contributed by atoms with van der Waals surface area (Å²) in [7, 11) is 0. The normalized spacial score (nSPS) is 13.6. The molecule has 0 spiro atoms. The van der Waals surface area contributed by atoms with Crippen LogP contribution in [0.2, 0.25) is 0 Å². The molecule has 22 aromatic carbocycles. The lowest BCUT2D eigenvalue weighted by molar-refractivity contribution is 0.629. The molecule has 147 heavy (non-hydrogen) atoms. The molecule has 0 fully saturated rings. The predicted octanol–water partition coefficient (Wildman–Crippen LogP) is 38.9. The number of hydrogen-bond acceptors (Lipinski definition) is 5. The molecule has 28 rings (SSSR count). The van der Waals surface area contributed by atoms with Crippen LogP contribution in [0.5, 0.6) is 0 Å². The van der Waals surface area contributed by atoms with Crippen molar-refractivity contribution < 1.29 is 8.83 Å². The van der Waals surface area contributed by atoms with E-state index in [1.807, 2.05) is 12.1 Å². The van der Waals surface area contributed by atoms with Gasteiger partial charge in [-0.05, 0) is 242 Å². The van der Waals surface area contributed by atoms with E-state index in [4.69, 9.17) is 8.83 Å². The van der Waals surface area contributed by atoms with E-state index in [0.29, 0.717) is 0 Å². The Morgan fingerprint density at radius 2 is 0.517 bits per heavy atom. The topological polar surface area (TPSA) is 36.0 Å². The van der Waals surface area contributed by atoms with Gasteiger partial charge in [0, 0.05) is 71.5 Å². The number of anilines is 9. The molecule has 0 bridgehead atoms. The lowest BCUT2D eigenvalue weighted by Crippen LogP contribution is -2.32. The second kappa shape index (κ2) is 36.1. The van der Waals surface area contributed by atoms with Gasteiger partial charge < -0.3 is 23.5 Å². The van der Waals surface area contributed by atoms with Gasteiger partial charge >= 0.3 is 0 Å². The maximum Gasteiger partial charge on any atom is 0.159 e. The molecular formula is C142H105N3O2. The Balaban J connectivity index is 0.000000116. The van der Waals surface area contributed by atoms with Gasteiger partial charge in [-0.2, -0.15) is 0 Å². The SMILES string of the molecule is CC1(C)c2cc(-c3ccccc3)ccc2N(c2cccc3c2C(C)(C)c2ccccc2-3)c2ccc(-c3ccccc3)cc21.CC1(C)c2ccccc2-c2c(N(c3ccc(-c4ccccc4)cc3)c3cccc4c3oc3ccccc34)cccc21.c1ccc(-c2ccc(N(c3ccc(-c4ccccc4)cc3)c3cccc4c3-c3ccc(-c5cccc6c5oc5ccccc56)cc3C4(c3ccccc3)c3ccccc3)cc2)cc1. The van der Waals surface area contributed by atoms with Crippen molar-refractivity contribution in [2.75, 3.05) is 14.7 Å². The minimum atomic E-state index is -0.624. The van der Waals surface area contributed by atoms with Gasteiger partial charge in [0.15, 0.2) is 5.58 Å². The lowest BCUT2D eigenvalue weighted by Gasteiger charge is -2.44. The molecule has 0 radical (unpaired) electrons. The van der Waals surface area contributed by atoms with E-state index >= 15 is 0 Å². The van der Waals surface area contributed by atoms with Crippen LogP contribution in [-0.4, -0.2) is 0 Å². The molecule has 1 aliphatic heterocycles. The number of fused-ring (bicyclic) bond motifs is 17. The number of benzene rings is 22. The third-order valence-electron chi connectivity index (χ3n) is 31.5. The summed E-state index contributed by atoms with van der Waals surface area (Å²) in [6.45, 7) is 14.2. The van der Waals surface area contributed by atoms with Crippen LogP contribution in [0.4, 0.5) is 51.2 Å². The quantitative estimate of drug-likeness (QED) is 0.102. The Labute approximate surface area is 859 Å². The third-order valence-corrected chi connectivity index (χ3v) is 31.5. The van der Waals surface area contributed by atoms with E-state index in [9.17, 15) is 0 Å². The summed E-state index contributed by atoms with van der Waals surface area (Å²) in [5.74, 6) is 0. The van der Waals surface area contributed by atoms with Crippen LogP contribution >= 0.6 is 0 Å². The number of rotatable bonds is 15. The van der Waals surface area contributed by atoms with Crippen LogP contribution in [0.15, 0.2) is 537 Å². The van der Waals surface area contributed by atoms with Crippen LogP contribution in [0, 0.1) is 0 Å². The van der Waals surface area contributed by atoms with Crippen LogP contribution in [0.25, 0.3) is 144 Å². The predicted molar refractivity (Wildman–Crippen MR) is 615 cm³/mol. The standard InChI is InChI=1S/C61H41NO.C42H35N.C39H29NO/c1-5-17-42(18-6-1)44-31-36-49(37-32-44)62(50-38-33-45(34-39-50)43-19-7-2-8-20-43)57-29-16-28-55-59(57)54-40-35-46(51-26-15-27-53-52-25-13-14-30-58(52)63-60(51)53)41-56(54)61(55,47-21-9-3-10-22-47)48-23-11-4-12-24-48;1-41(2)35-26-30(28-14-7-5-8-15-28)22-24-37(35)43(38-25-23-31(27-36(38)41)29-16-9-6-10-17-29)39-21-13-19-33-32-18-11-12-20-34(32)42(3,4)40(33)39;1-39(2)32-17-8-6-15-31(32)37-33(39)18-11-19-34(37)40(28-24-22-27(23-25-28)26-12-4-3-5-13-26)35-20-10-16-30-29-14-7-9-21-36(29)41-38(30)35/h1-41H;5-27H,1-4H3;3-25H,1-2H3. The minimum Gasteiger partial charge on any atom is -0.455 e. The molecule has 0 unspecified atom stereocenters. The molecule has 3 aliphatic carbocycles. The Bertz CT molecular complexity index is 8930. The highest BCUT2D eigenvalue weighted by Gasteiger charge is 2.49. The minimum absolute atomic E-state index is 0.0872. The Morgan fingerprint density at radius 3 is 1.03 bits per heavy atom. The summed E-state index contributed by atoms with van der Waals surface area (Å²) >= 11 is 0. The first-order valence-corrected chi connectivity index (χ1v) is 51.2. The van der Waals surface area contributed by atoms with E-state index in [2.05, 4.69) is 572 Å². The molecule has 5 heteroatoms. The maximum atomic E-state index is 6.66. The molecule has 24 aromatic rings. The highest BCUT2D eigenvalue weighted by molar-refractivity contribution is 6.13. The fraction of sp³-hybridized carbons (Fsp3) is 0.0704. The zero-order valence-electron chi connectivity index (χ0n) is 82.9. The third kappa shape index (κ3) is 14.9. The molecule has 4 aliphatic rings. The first-order chi connectivity index (χ1) is 72.2. The second-order valence-corrected chi connectivity index (χ2v) is 40.8. The average Bonchev–Trinajstić information content (AvgIpc) is 1.55. The van der Waals surface area contributed by atoms with Crippen molar-refractivity contribution in [1.29, 1.82) is 0 Å². The number of nitrogens with zero attached hydrogens (tertiary/aromatic N) is 3. The van der Waals surface area contributed by atoms with E-state index < -0.39 is 5.41 Å². The maximum absolute atomic E-state index is 6.66. The Hall–Kier alpha value is -18.2. The molecule has 0 saturated heterocycles. The van der Waals surface area contributed by atoms with Crippen molar-refractivity contribution in [3.8, 4) is 100 Å². The van der Waals surface area contributed by atoms with Crippen molar-refractivity contribution in [2.24, 2.45) is 0 Å². The zero-order valence-corrected chi connectivity index (χ0v) is 82.9. The number of hydrogen-bond donors (Lipinski definition) is 0. The molecular weight excluding hydrogens is 1780 g/mol. The summed E-state index contributed by atoms with van der Waals surface area (Å²) < 4.78 is 13.2. The van der Waals surface area contributed by atoms with Gasteiger partial charge in [-0.3, -0.25) is 0 Å². The van der Waals surface area contributed by atoms with E-state index in [-0.39, 0.29) is 16.2 Å². The zero-order chi connectivity index (χ0) is 98.6. The summed E-state index contributed by atoms with van der Waals surface area (Å²) in [5, 5.41) is 4.51. The molecule has 0 saturated carbocycles. The van der Waals surface area contributed by atoms with E-state index in [1.54, 1.807) is 0 Å². The first-order valence-electron chi connectivity index (χ1n) is 51.2. The van der Waals surface area contributed by atoms with Crippen molar-refractivity contribution in [3.05, 3.63) is 583 Å². The van der Waals surface area contributed by atoms with Crippen molar-refractivity contribution in [2.45, 2.75) is 63.2 Å². The van der Waals surface area contributed by atoms with Crippen LogP contribution in [0.3, 0.4) is 0 Å². The van der Waals surface area contributed by atoms with Gasteiger partial charge in [0.25, 0.3) is 0 Å². The molecule has 700 valence electrons. The highest BCUT2D eigenvalue weighted by atomic mass is 16.3. The van der Waals surface area contributed by atoms with Crippen molar-refractivity contribution in [3.63, 3.8) is 0 Å². The number of furan rings is 2. The fourth-order valence-electron chi connectivity index (χ4n) is 24.4. The van der Waals surface area contributed by atoms with Crippen LogP contribution in [0.1, 0.15) is 97.2 Å². The van der Waals surface area contributed by atoms with Crippen LogP contribution in [-0.2, 0) is 21.7 Å². The summed E-state index contributed by atoms with van der Waals surface area (Å²) in [4.78, 5) is 7.38. The van der Waals surface area contributed by atoms with Gasteiger partial charge in [-0.1, -0.05) is 466 Å². The summed E-state index contributed by atoms with van der Waals surface area (Å²) in [5.41, 5.74) is 48.1. The fourth-order valence-corrected chi connectivity index (χ4v) is 24.4. The van der Waals surface area contributed by atoms with E-state index in [0.717, 1.165) is 89.1 Å². The monoisotopic (exact) mass is 1880 g/mol. The van der Waals surface area contributed by atoms with Gasteiger partial charge in [0.05, 0.1) is 39.5 Å². The summed E-state index contributed by atoms with van der Waals surface area (Å²) in [6, 6.07) is 192. The Kier molecular flexibility index (Phi) is 21.8. The lowest BCUT2D eigenvalue weighted by atomic mass is 9.67. The summed E-state index contributed by atoms with van der Waals surface area (Å²) in [6.07, 6.45) is 0. The smallest absolute Gasteiger partial charge is 0.159 e. The second-order valence-electron chi connectivity index (χ2n) is 40.8. The molecule has 0 N–H and O–H groups in total. The van der Waals surface area contributed by atoms with Crippen molar-refractivity contribution in [1.82, 2.24) is 0 Å². The highest BCUT2D eigenvalue weighted by Crippen LogP contribution is 2.64. The largest absolute Gasteiger partial charge is 0.455 e. The number of para-hydroxylation sites is 4. The van der Waals surface area contributed by atoms with Gasteiger partial charge in [-0.15, -0.1) is 0 Å². The average molecular weight is 1890 g/mol. The molecule has 0 amide bonds. The molecule has 0 atom stereocenters. The molecule has 2 aromatic heterocycles. The molecule has 3 heterocycles. The van der Waals surface area contributed by atoms with Gasteiger partial charge in [0.1, 0.15) is 16.7 Å². The van der Waals surface area contributed by atoms with Crippen LogP contribution < -0.4 is 14.7 Å². The molecule has 5 nitrogen and oxygen atoms in total. The van der Waals surface area contributed by atoms with E-state index in [1.165, 1.54) is 162 Å². The van der Waals surface area contributed by atoms with Gasteiger partial charge in [-0.25, -0.2) is 0 Å². The van der Waals surface area contributed by atoms with Gasteiger partial charge in [0.2, 0.25) is 0 Å². The van der Waals surface area contributed by atoms with Crippen molar-refractivity contribution >= 4 is 95.1 Å². The first kappa shape index (κ1) is 89.0.